The van der Waals surface area contributed by atoms with Crippen LogP contribution in [-0.2, 0) is 18.4 Å². The molecule has 0 atom stereocenters. The number of carbonyl (C=O) groups excluding carboxylic acids is 1. The first-order valence-electron chi connectivity index (χ1n) is 7.76. The van der Waals surface area contributed by atoms with Crippen LogP contribution in [0, 0.1) is 0 Å². The SMILES string of the molecule is CN=C(NCC(=O)NC1CCCCC1)NCc1ncnn1C. The van der Waals surface area contributed by atoms with Gasteiger partial charge in [0, 0.05) is 20.1 Å². The number of guanidine groups is 1. The Bertz CT molecular complexity index is 505. The van der Waals surface area contributed by atoms with E-state index in [9.17, 15) is 4.79 Å². The molecule has 0 radical (unpaired) electrons. The van der Waals surface area contributed by atoms with E-state index in [0.29, 0.717) is 18.5 Å². The lowest BCUT2D eigenvalue weighted by Gasteiger charge is -2.23. The number of hydrogen-bond acceptors (Lipinski definition) is 4. The molecule has 1 amide bonds. The van der Waals surface area contributed by atoms with E-state index in [2.05, 4.69) is 31.0 Å². The van der Waals surface area contributed by atoms with Crippen molar-refractivity contribution in [3.63, 3.8) is 0 Å². The van der Waals surface area contributed by atoms with Crippen LogP contribution in [0.1, 0.15) is 37.9 Å². The van der Waals surface area contributed by atoms with E-state index in [1.807, 2.05) is 7.05 Å². The normalized spacial score (nSPS) is 16.4. The molecule has 1 saturated carbocycles. The topological polar surface area (TPSA) is 96.2 Å². The molecule has 1 fully saturated rings. The first kappa shape index (κ1) is 16.3. The van der Waals surface area contributed by atoms with Crippen molar-refractivity contribution in [1.82, 2.24) is 30.7 Å². The van der Waals surface area contributed by atoms with E-state index >= 15 is 0 Å². The van der Waals surface area contributed by atoms with E-state index in [0.717, 1.165) is 18.7 Å². The van der Waals surface area contributed by atoms with Gasteiger partial charge in [-0.2, -0.15) is 5.10 Å². The molecule has 0 spiro atoms. The smallest absolute Gasteiger partial charge is 0.239 e. The third kappa shape index (κ3) is 5.01. The van der Waals surface area contributed by atoms with Crippen LogP contribution in [0.5, 0.6) is 0 Å². The van der Waals surface area contributed by atoms with Crippen LogP contribution >= 0.6 is 0 Å². The average molecular weight is 307 g/mol. The molecular formula is C14H25N7O. The lowest BCUT2D eigenvalue weighted by Crippen LogP contribution is -2.46. The molecule has 0 saturated heterocycles. The van der Waals surface area contributed by atoms with Crippen molar-refractivity contribution in [3.8, 4) is 0 Å². The number of aryl methyl sites for hydroxylation is 1. The van der Waals surface area contributed by atoms with Gasteiger partial charge in [-0.3, -0.25) is 14.5 Å². The highest BCUT2D eigenvalue weighted by molar-refractivity contribution is 5.86. The predicted octanol–water partition coefficient (Wildman–Crippen LogP) is -0.0710. The lowest BCUT2D eigenvalue weighted by atomic mass is 9.95. The van der Waals surface area contributed by atoms with Crippen molar-refractivity contribution in [1.29, 1.82) is 0 Å². The zero-order chi connectivity index (χ0) is 15.8. The van der Waals surface area contributed by atoms with E-state index in [4.69, 9.17) is 0 Å². The third-order valence-corrected chi connectivity index (χ3v) is 3.83. The molecule has 2 rings (SSSR count). The van der Waals surface area contributed by atoms with Gasteiger partial charge in [-0.05, 0) is 12.8 Å². The van der Waals surface area contributed by atoms with Crippen LogP contribution < -0.4 is 16.0 Å². The Balaban J connectivity index is 1.69. The highest BCUT2D eigenvalue weighted by Crippen LogP contribution is 2.16. The number of amides is 1. The molecule has 1 aliphatic rings. The van der Waals surface area contributed by atoms with Gasteiger partial charge in [-0.15, -0.1) is 0 Å². The first-order valence-corrected chi connectivity index (χ1v) is 7.76. The number of aromatic nitrogens is 3. The molecule has 0 aliphatic heterocycles. The van der Waals surface area contributed by atoms with Gasteiger partial charge in [0.25, 0.3) is 0 Å². The summed E-state index contributed by atoms with van der Waals surface area (Å²) in [6.45, 7) is 0.718. The summed E-state index contributed by atoms with van der Waals surface area (Å²) in [4.78, 5) is 20.2. The second-order valence-electron chi connectivity index (χ2n) is 5.48. The second kappa shape index (κ2) is 8.35. The number of hydrogen-bond donors (Lipinski definition) is 3. The summed E-state index contributed by atoms with van der Waals surface area (Å²) < 4.78 is 1.69. The van der Waals surface area contributed by atoms with Gasteiger partial charge in [-0.1, -0.05) is 19.3 Å². The number of nitrogens with zero attached hydrogens (tertiary/aromatic N) is 4. The predicted molar refractivity (Wildman–Crippen MR) is 84.2 cm³/mol. The molecule has 1 heterocycles. The minimum Gasteiger partial charge on any atom is -0.352 e. The Morgan fingerprint density at radius 1 is 1.36 bits per heavy atom. The van der Waals surface area contributed by atoms with Gasteiger partial charge < -0.3 is 16.0 Å². The van der Waals surface area contributed by atoms with Gasteiger partial charge in [-0.25, -0.2) is 4.98 Å². The first-order chi connectivity index (χ1) is 10.7. The van der Waals surface area contributed by atoms with Crippen LogP contribution in [-0.4, -0.2) is 46.3 Å². The quantitative estimate of drug-likeness (QED) is 0.523. The Kier molecular flexibility index (Phi) is 6.17. The molecule has 1 aromatic rings. The molecule has 22 heavy (non-hydrogen) atoms. The molecular weight excluding hydrogens is 282 g/mol. The van der Waals surface area contributed by atoms with Crippen molar-refractivity contribution in [3.05, 3.63) is 12.2 Å². The van der Waals surface area contributed by atoms with Crippen LogP contribution in [0.4, 0.5) is 0 Å². The zero-order valence-corrected chi connectivity index (χ0v) is 13.3. The number of carbonyl (C=O) groups is 1. The molecule has 8 heteroatoms. The maximum absolute atomic E-state index is 11.9. The molecule has 1 aromatic heterocycles. The molecule has 0 aromatic carbocycles. The maximum atomic E-state index is 11.9. The standard InChI is InChI=1S/C14H25N7O/c1-15-14(16-8-12-18-10-19-21(12)2)17-9-13(22)20-11-6-4-3-5-7-11/h10-11H,3-9H2,1-2H3,(H,20,22)(H2,15,16,17). The van der Waals surface area contributed by atoms with Crippen molar-refractivity contribution in [2.75, 3.05) is 13.6 Å². The van der Waals surface area contributed by atoms with Gasteiger partial charge in [0.05, 0.1) is 13.1 Å². The average Bonchev–Trinajstić information content (AvgIpc) is 2.94. The number of aliphatic imine (C=N–C) groups is 1. The summed E-state index contributed by atoms with van der Waals surface area (Å²) in [5.74, 6) is 1.38. The molecule has 1 aliphatic carbocycles. The van der Waals surface area contributed by atoms with E-state index in [1.54, 1.807) is 11.7 Å². The van der Waals surface area contributed by atoms with Crippen LogP contribution in [0.2, 0.25) is 0 Å². The molecule has 0 unspecified atom stereocenters. The maximum Gasteiger partial charge on any atom is 0.239 e. The van der Waals surface area contributed by atoms with Crippen molar-refractivity contribution < 1.29 is 4.79 Å². The van der Waals surface area contributed by atoms with Gasteiger partial charge in [0.1, 0.15) is 12.2 Å². The molecule has 0 bridgehead atoms. The number of nitrogens with one attached hydrogen (secondary N) is 3. The highest BCUT2D eigenvalue weighted by Gasteiger charge is 2.15. The lowest BCUT2D eigenvalue weighted by molar-refractivity contribution is -0.120. The van der Waals surface area contributed by atoms with Crippen molar-refractivity contribution in [2.24, 2.45) is 12.0 Å². The fraction of sp³-hybridized carbons (Fsp3) is 0.714. The minimum atomic E-state index is 0.00788. The fourth-order valence-corrected chi connectivity index (χ4v) is 2.55. The van der Waals surface area contributed by atoms with Gasteiger partial charge >= 0.3 is 0 Å². The summed E-state index contributed by atoms with van der Waals surface area (Å²) in [6, 6.07) is 0.330. The number of rotatable bonds is 5. The Morgan fingerprint density at radius 2 is 2.14 bits per heavy atom. The van der Waals surface area contributed by atoms with E-state index in [-0.39, 0.29) is 12.5 Å². The fourth-order valence-electron chi connectivity index (χ4n) is 2.55. The summed E-state index contributed by atoms with van der Waals surface area (Å²) in [5, 5.41) is 13.2. The van der Waals surface area contributed by atoms with Crippen LogP contribution in [0.15, 0.2) is 11.3 Å². The largest absolute Gasteiger partial charge is 0.352 e. The second-order valence-corrected chi connectivity index (χ2v) is 5.48. The minimum absolute atomic E-state index is 0.00788. The third-order valence-electron chi connectivity index (χ3n) is 3.83. The Labute approximate surface area is 130 Å². The molecule has 3 N–H and O–H groups in total. The highest BCUT2D eigenvalue weighted by atomic mass is 16.2. The molecule has 8 nitrogen and oxygen atoms in total. The Morgan fingerprint density at radius 3 is 2.77 bits per heavy atom. The Hall–Kier alpha value is -2.12. The van der Waals surface area contributed by atoms with Crippen molar-refractivity contribution in [2.45, 2.75) is 44.7 Å². The summed E-state index contributed by atoms with van der Waals surface area (Å²) >= 11 is 0. The van der Waals surface area contributed by atoms with Gasteiger partial charge in [0.15, 0.2) is 5.96 Å². The summed E-state index contributed by atoms with van der Waals surface area (Å²) in [6.07, 6.45) is 7.38. The van der Waals surface area contributed by atoms with Gasteiger partial charge in [0.2, 0.25) is 5.91 Å². The molecule has 122 valence electrons. The van der Waals surface area contributed by atoms with E-state index in [1.165, 1.54) is 25.6 Å². The summed E-state index contributed by atoms with van der Waals surface area (Å²) in [7, 11) is 3.50. The van der Waals surface area contributed by atoms with E-state index < -0.39 is 0 Å². The monoisotopic (exact) mass is 307 g/mol. The van der Waals surface area contributed by atoms with Crippen LogP contribution in [0.3, 0.4) is 0 Å². The van der Waals surface area contributed by atoms with Crippen molar-refractivity contribution >= 4 is 11.9 Å². The zero-order valence-electron chi connectivity index (χ0n) is 13.3. The van der Waals surface area contributed by atoms with Crippen LogP contribution in [0.25, 0.3) is 0 Å². The summed E-state index contributed by atoms with van der Waals surface area (Å²) in [5.41, 5.74) is 0.